The molecule has 1 fully saturated rings. The minimum Gasteiger partial charge on any atom is -0.258 e. The van der Waals surface area contributed by atoms with Crippen molar-refractivity contribution in [1.82, 2.24) is 0 Å². The lowest BCUT2D eigenvalue weighted by molar-refractivity contribution is -0.396. The van der Waals surface area contributed by atoms with Gasteiger partial charge in [-0.1, -0.05) is 59.7 Å². The molecule has 0 heterocycles. The van der Waals surface area contributed by atoms with Crippen molar-refractivity contribution in [3.05, 3.63) is 109 Å². The first-order chi connectivity index (χ1) is 15.3. The van der Waals surface area contributed by atoms with E-state index in [9.17, 15) is 20.2 Å². The smallest absolute Gasteiger partial charge is 0.258 e. The Labute approximate surface area is 189 Å². The SMILES string of the molecule is Cc1ccc(C2(c3ccc(C)cc3)CC/C2=N\Sc2ccc([N+](=O)[O-])cc2[N+](=O)[O-])cc1. The fourth-order valence-corrected chi connectivity index (χ4v) is 4.83. The van der Waals surface area contributed by atoms with E-state index in [1.54, 1.807) is 0 Å². The first kappa shape index (κ1) is 21.7. The summed E-state index contributed by atoms with van der Waals surface area (Å²) in [5, 5.41) is 22.5. The summed E-state index contributed by atoms with van der Waals surface area (Å²) < 4.78 is 4.73. The third-order valence-corrected chi connectivity index (χ3v) is 6.78. The van der Waals surface area contributed by atoms with Gasteiger partial charge in [0.25, 0.3) is 11.4 Å². The van der Waals surface area contributed by atoms with Crippen LogP contribution in [0, 0.1) is 34.1 Å². The fourth-order valence-electron chi connectivity index (χ4n) is 4.02. The normalized spacial score (nSPS) is 15.9. The first-order valence-corrected chi connectivity index (χ1v) is 10.9. The lowest BCUT2D eigenvalue weighted by Gasteiger charge is -2.44. The molecule has 0 atom stereocenters. The Bertz CT molecular complexity index is 1180. The maximum absolute atomic E-state index is 11.5. The molecule has 0 aliphatic heterocycles. The molecule has 1 aliphatic carbocycles. The molecule has 32 heavy (non-hydrogen) atoms. The molecule has 7 nitrogen and oxygen atoms in total. The van der Waals surface area contributed by atoms with Crippen molar-refractivity contribution in [2.24, 2.45) is 4.40 Å². The molecule has 8 heteroatoms. The van der Waals surface area contributed by atoms with E-state index >= 15 is 0 Å². The van der Waals surface area contributed by atoms with Crippen LogP contribution < -0.4 is 0 Å². The van der Waals surface area contributed by atoms with Crippen LogP contribution in [0.1, 0.15) is 35.1 Å². The molecule has 0 unspecified atom stereocenters. The number of nitrogens with zero attached hydrogens (tertiary/aromatic N) is 3. The van der Waals surface area contributed by atoms with E-state index in [4.69, 9.17) is 4.40 Å². The van der Waals surface area contributed by atoms with Gasteiger partial charge in [0, 0.05) is 23.7 Å². The van der Waals surface area contributed by atoms with Gasteiger partial charge in [0.2, 0.25) is 0 Å². The molecule has 1 aliphatic rings. The molecule has 162 valence electrons. The van der Waals surface area contributed by atoms with E-state index in [-0.39, 0.29) is 21.7 Å². The van der Waals surface area contributed by atoms with Crippen LogP contribution in [-0.2, 0) is 5.41 Å². The Morgan fingerprint density at radius 1 is 0.844 bits per heavy atom. The molecular formula is C24H21N3O4S. The number of rotatable bonds is 6. The standard InChI is InChI=1S/C24H21N3O4S/c1-16-3-7-18(8-4-16)24(19-9-5-17(2)6-10-19)14-13-23(24)25-32-22-12-11-20(26(28)29)15-21(22)27(30)31/h3-12,15H,13-14H2,1-2H3/b25-23+. The van der Waals surface area contributed by atoms with Crippen LogP contribution in [0.3, 0.4) is 0 Å². The molecule has 0 bridgehead atoms. The van der Waals surface area contributed by atoms with Gasteiger partial charge in [0.15, 0.2) is 0 Å². The van der Waals surface area contributed by atoms with E-state index < -0.39 is 9.85 Å². The molecule has 1 saturated carbocycles. The highest BCUT2D eigenvalue weighted by Crippen LogP contribution is 2.48. The van der Waals surface area contributed by atoms with Crippen LogP contribution in [0.25, 0.3) is 0 Å². The van der Waals surface area contributed by atoms with Gasteiger partial charge in [-0.25, -0.2) is 4.40 Å². The summed E-state index contributed by atoms with van der Waals surface area (Å²) in [4.78, 5) is 21.5. The van der Waals surface area contributed by atoms with Crippen molar-refractivity contribution < 1.29 is 9.85 Å². The van der Waals surface area contributed by atoms with Crippen LogP contribution in [0.4, 0.5) is 11.4 Å². The zero-order valence-electron chi connectivity index (χ0n) is 17.6. The molecule has 0 radical (unpaired) electrons. The van der Waals surface area contributed by atoms with Crippen molar-refractivity contribution in [2.45, 2.75) is 37.0 Å². The van der Waals surface area contributed by atoms with E-state index in [1.807, 2.05) is 13.8 Å². The zero-order chi connectivity index (χ0) is 22.9. The van der Waals surface area contributed by atoms with E-state index in [0.717, 1.165) is 47.7 Å². The minimum absolute atomic E-state index is 0.279. The fraction of sp³-hybridized carbons (Fsp3) is 0.208. The number of hydrogen-bond donors (Lipinski definition) is 0. The Kier molecular flexibility index (Phi) is 5.80. The Morgan fingerprint density at radius 2 is 1.41 bits per heavy atom. The second kappa shape index (κ2) is 8.55. The molecule has 0 saturated heterocycles. The quantitative estimate of drug-likeness (QED) is 0.249. The molecule has 3 aromatic carbocycles. The van der Waals surface area contributed by atoms with Gasteiger partial charge in [-0.05, 0) is 43.9 Å². The third-order valence-electron chi connectivity index (χ3n) is 5.92. The highest BCUT2D eigenvalue weighted by molar-refractivity contribution is 7.98. The van der Waals surface area contributed by atoms with Gasteiger partial charge in [-0.3, -0.25) is 20.2 Å². The number of nitro groups is 2. The van der Waals surface area contributed by atoms with Gasteiger partial charge < -0.3 is 0 Å². The molecule has 0 spiro atoms. The molecule has 0 N–H and O–H groups in total. The van der Waals surface area contributed by atoms with E-state index in [1.165, 1.54) is 23.3 Å². The van der Waals surface area contributed by atoms with E-state index in [2.05, 4.69) is 48.5 Å². The van der Waals surface area contributed by atoms with E-state index in [0.29, 0.717) is 0 Å². The summed E-state index contributed by atoms with van der Waals surface area (Å²) in [5.74, 6) is 0. The van der Waals surface area contributed by atoms with Crippen molar-refractivity contribution >= 4 is 29.0 Å². The van der Waals surface area contributed by atoms with Crippen LogP contribution >= 0.6 is 11.9 Å². The van der Waals surface area contributed by atoms with Gasteiger partial charge in [0.1, 0.15) is 4.90 Å². The summed E-state index contributed by atoms with van der Waals surface area (Å²) in [5.41, 5.74) is 4.52. The highest BCUT2D eigenvalue weighted by atomic mass is 32.2. The first-order valence-electron chi connectivity index (χ1n) is 10.1. The number of aryl methyl sites for hydroxylation is 2. The molecule has 4 rings (SSSR count). The molecule has 3 aromatic rings. The van der Waals surface area contributed by atoms with Crippen molar-refractivity contribution in [3.8, 4) is 0 Å². The summed E-state index contributed by atoms with van der Waals surface area (Å²) in [6.45, 7) is 4.09. The number of nitro benzene ring substituents is 2. The number of non-ortho nitro benzene ring substituents is 1. The van der Waals surface area contributed by atoms with Crippen molar-refractivity contribution in [1.29, 1.82) is 0 Å². The monoisotopic (exact) mass is 447 g/mol. The minimum atomic E-state index is -0.640. The van der Waals surface area contributed by atoms with Crippen molar-refractivity contribution in [3.63, 3.8) is 0 Å². The molecule has 0 amide bonds. The average molecular weight is 448 g/mol. The predicted octanol–water partition coefficient (Wildman–Crippen LogP) is 6.35. The maximum Gasteiger partial charge on any atom is 0.291 e. The lowest BCUT2D eigenvalue weighted by Crippen LogP contribution is -2.46. The van der Waals surface area contributed by atoms with Crippen LogP contribution in [0.5, 0.6) is 0 Å². The second-order valence-corrected chi connectivity index (χ2v) is 8.74. The summed E-state index contributed by atoms with van der Waals surface area (Å²) in [7, 11) is 0. The molecular weight excluding hydrogens is 426 g/mol. The number of hydrogen-bond acceptors (Lipinski definition) is 6. The lowest BCUT2D eigenvalue weighted by atomic mass is 9.59. The highest BCUT2D eigenvalue weighted by Gasteiger charge is 2.46. The second-order valence-electron chi connectivity index (χ2n) is 7.93. The zero-order valence-corrected chi connectivity index (χ0v) is 18.5. The topological polar surface area (TPSA) is 98.6 Å². The molecule has 0 aromatic heterocycles. The average Bonchev–Trinajstić information content (AvgIpc) is 2.76. The third kappa shape index (κ3) is 3.89. The van der Waals surface area contributed by atoms with Crippen molar-refractivity contribution in [2.75, 3.05) is 0 Å². The summed E-state index contributed by atoms with van der Waals surface area (Å²) in [6, 6.07) is 20.4. The summed E-state index contributed by atoms with van der Waals surface area (Å²) >= 11 is 1.00. The summed E-state index contributed by atoms with van der Waals surface area (Å²) in [6.07, 6.45) is 1.66. The van der Waals surface area contributed by atoms with Gasteiger partial charge >= 0.3 is 0 Å². The Morgan fingerprint density at radius 3 is 1.84 bits per heavy atom. The van der Waals surface area contributed by atoms with Crippen LogP contribution in [0.2, 0.25) is 0 Å². The van der Waals surface area contributed by atoms with Gasteiger partial charge in [-0.2, -0.15) is 0 Å². The largest absolute Gasteiger partial charge is 0.291 e. The van der Waals surface area contributed by atoms with Gasteiger partial charge in [0.05, 0.1) is 21.3 Å². The van der Waals surface area contributed by atoms with Gasteiger partial charge in [-0.15, -0.1) is 0 Å². The predicted molar refractivity (Wildman–Crippen MR) is 125 cm³/mol. The maximum atomic E-state index is 11.5. The van der Waals surface area contributed by atoms with Crippen LogP contribution in [-0.4, -0.2) is 15.6 Å². The Hall–Kier alpha value is -3.52. The Balaban J connectivity index is 1.75. The number of benzene rings is 3. The van der Waals surface area contributed by atoms with Crippen LogP contribution in [0.15, 0.2) is 76.0 Å².